The molecule has 0 atom stereocenters. The summed E-state index contributed by atoms with van der Waals surface area (Å²) in [5.41, 5.74) is 5.98. The van der Waals surface area contributed by atoms with Gasteiger partial charge in [0.15, 0.2) is 0 Å². The number of hydrogen-bond acceptors (Lipinski definition) is 3. The summed E-state index contributed by atoms with van der Waals surface area (Å²) in [4.78, 5) is 0. The summed E-state index contributed by atoms with van der Waals surface area (Å²) in [6.45, 7) is 0. The minimum Gasteiger partial charge on any atom is -0.384 e. The van der Waals surface area contributed by atoms with E-state index in [1.54, 1.807) is 24.3 Å². The molecule has 1 aromatic rings. The number of rotatable bonds is 3. The van der Waals surface area contributed by atoms with E-state index in [1.165, 1.54) is 0 Å². The van der Waals surface area contributed by atoms with Crippen molar-refractivity contribution in [2.24, 2.45) is 5.73 Å². The number of amidine groups is 1. The van der Waals surface area contributed by atoms with Crippen LogP contribution in [0.1, 0.15) is 5.56 Å². The van der Waals surface area contributed by atoms with Crippen LogP contribution in [0.2, 0.25) is 0 Å². The van der Waals surface area contributed by atoms with Crippen molar-refractivity contribution in [3.05, 3.63) is 29.8 Å². The maximum Gasteiger partial charge on any atom is 0.229 e. The van der Waals surface area contributed by atoms with E-state index in [-0.39, 0.29) is 5.84 Å². The smallest absolute Gasteiger partial charge is 0.229 e. The van der Waals surface area contributed by atoms with Crippen LogP contribution in [0.3, 0.4) is 0 Å². The van der Waals surface area contributed by atoms with Crippen LogP contribution in [-0.2, 0) is 10.0 Å². The fourth-order valence-corrected chi connectivity index (χ4v) is 1.58. The zero-order valence-electron chi connectivity index (χ0n) is 7.61. The monoisotopic (exact) mass is 213 g/mol. The fourth-order valence-electron chi connectivity index (χ4n) is 1.01. The summed E-state index contributed by atoms with van der Waals surface area (Å²) < 4.78 is 24.2. The van der Waals surface area contributed by atoms with Crippen LogP contribution in [0.4, 0.5) is 5.69 Å². The number of nitrogen functional groups attached to an aromatic ring is 1. The van der Waals surface area contributed by atoms with Gasteiger partial charge < -0.3 is 5.73 Å². The summed E-state index contributed by atoms with van der Waals surface area (Å²) in [5.74, 6) is -0.170. The quantitative estimate of drug-likeness (QED) is 0.499. The SMILES string of the molecule is CS(=O)(=O)Nc1ccccc1C(=N)N. The van der Waals surface area contributed by atoms with Crippen molar-refractivity contribution in [1.82, 2.24) is 0 Å². The number of sulfonamides is 1. The van der Waals surface area contributed by atoms with Gasteiger partial charge in [0.2, 0.25) is 10.0 Å². The zero-order valence-corrected chi connectivity index (χ0v) is 8.43. The second-order valence-corrected chi connectivity index (χ2v) is 4.58. The van der Waals surface area contributed by atoms with Crippen LogP contribution in [0.25, 0.3) is 0 Å². The molecule has 4 N–H and O–H groups in total. The second kappa shape index (κ2) is 3.67. The molecule has 0 aliphatic carbocycles. The summed E-state index contributed by atoms with van der Waals surface area (Å²) in [7, 11) is -3.34. The van der Waals surface area contributed by atoms with E-state index in [0.29, 0.717) is 11.3 Å². The average molecular weight is 213 g/mol. The third kappa shape index (κ3) is 2.74. The minimum absolute atomic E-state index is 0.170. The summed E-state index contributed by atoms with van der Waals surface area (Å²) in [5, 5.41) is 7.23. The standard InChI is InChI=1S/C8H11N3O2S/c1-14(12,13)11-7-5-3-2-4-6(7)8(9)10/h2-5,11H,1H3,(H3,9,10). The second-order valence-electron chi connectivity index (χ2n) is 2.83. The van der Waals surface area contributed by atoms with Gasteiger partial charge in [0.25, 0.3) is 0 Å². The highest BCUT2D eigenvalue weighted by atomic mass is 32.2. The molecule has 14 heavy (non-hydrogen) atoms. The molecule has 0 aliphatic rings. The molecule has 0 aromatic heterocycles. The Hall–Kier alpha value is -1.56. The van der Waals surface area contributed by atoms with Crippen molar-refractivity contribution >= 4 is 21.5 Å². The highest BCUT2D eigenvalue weighted by Crippen LogP contribution is 2.14. The molecule has 0 amide bonds. The van der Waals surface area contributed by atoms with Crippen molar-refractivity contribution in [3.63, 3.8) is 0 Å². The molecule has 0 unspecified atom stereocenters. The maximum atomic E-state index is 11.0. The van der Waals surface area contributed by atoms with Gasteiger partial charge in [-0.25, -0.2) is 8.42 Å². The van der Waals surface area contributed by atoms with Gasteiger partial charge in [0.1, 0.15) is 5.84 Å². The third-order valence-electron chi connectivity index (χ3n) is 1.51. The fraction of sp³-hybridized carbons (Fsp3) is 0.125. The maximum absolute atomic E-state index is 11.0. The van der Waals surface area contributed by atoms with Gasteiger partial charge in [-0.3, -0.25) is 10.1 Å². The van der Waals surface area contributed by atoms with Crippen LogP contribution >= 0.6 is 0 Å². The number of benzene rings is 1. The highest BCUT2D eigenvalue weighted by molar-refractivity contribution is 7.92. The Morgan fingerprint density at radius 3 is 2.50 bits per heavy atom. The van der Waals surface area contributed by atoms with Crippen molar-refractivity contribution in [3.8, 4) is 0 Å². The van der Waals surface area contributed by atoms with Gasteiger partial charge in [-0.05, 0) is 12.1 Å². The van der Waals surface area contributed by atoms with E-state index in [4.69, 9.17) is 11.1 Å². The van der Waals surface area contributed by atoms with E-state index in [2.05, 4.69) is 4.72 Å². The molecule has 0 radical (unpaired) electrons. The van der Waals surface area contributed by atoms with Crippen LogP contribution < -0.4 is 10.5 Å². The molecular formula is C8H11N3O2S. The van der Waals surface area contributed by atoms with Gasteiger partial charge in [0, 0.05) is 5.56 Å². The molecule has 0 saturated heterocycles. The molecule has 76 valence electrons. The molecular weight excluding hydrogens is 202 g/mol. The Kier molecular flexibility index (Phi) is 2.76. The number of anilines is 1. The molecule has 0 spiro atoms. The molecule has 0 saturated carbocycles. The Morgan fingerprint density at radius 2 is 2.00 bits per heavy atom. The average Bonchev–Trinajstić information content (AvgIpc) is 2.01. The van der Waals surface area contributed by atoms with E-state index in [1.807, 2.05) is 0 Å². The normalized spacial score (nSPS) is 10.9. The van der Waals surface area contributed by atoms with Crippen molar-refractivity contribution in [2.75, 3.05) is 11.0 Å². The largest absolute Gasteiger partial charge is 0.384 e. The van der Waals surface area contributed by atoms with E-state index < -0.39 is 10.0 Å². The van der Waals surface area contributed by atoms with E-state index in [9.17, 15) is 8.42 Å². The first-order chi connectivity index (χ1) is 6.40. The van der Waals surface area contributed by atoms with Crippen molar-refractivity contribution < 1.29 is 8.42 Å². The van der Waals surface area contributed by atoms with Gasteiger partial charge in [-0.1, -0.05) is 12.1 Å². The number of hydrogen-bond donors (Lipinski definition) is 3. The highest BCUT2D eigenvalue weighted by Gasteiger charge is 2.07. The van der Waals surface area contributed by atoms with Crippen LogP contribution in [-0.4, -0.2) is 20.5 Å². The number of nitrogens with two attached hydrogens (primary N) is 1. The molecule has 0 fully saturated rings. The van der Waals surface area contributed by atoms with Gasteiger partial charge in [0.05, 0.1) is 11.9 Å². The third-order valence-corrected chi connectivity index (χ3v) is 2.10. The number of nitrogens with one attached hydrogen (secondary N) is 2. The van der Waals surface area contributed by atoms with Crippen molar-refractivity contribution in [1.29, 1.82) is 5.41 Å². The first-order valence-electron chi connectivity index (χ1n) is 3.81. The van der Waals surface area contributed by atoms with Crippen LogP contribution in [0.5, 0.6) is 0 Å². The lowest BCUT2D eigenvalue weighted by atomic mass is 10.2. The van der Waals surface area contributed by atoms with Crippen LogP contribution in [0.15, 0.2) is 24.3 Å². The molecule has 0 aliphatic heterocycles. The molecule has 1 rings (SSSR count). The zero-order chi connectivity index (χ0) is 10.8. The predicted octanol–water partition coefficient (Wildman–Crippen LogP) is 0.342. The first-order valence-corrected chi connectivity index (χ1v) is 5.70. The molecule has 0 heterocycles. The molecule has 6 heteroatoms. The molecule has 1 aromatic carbocycles. The Bertz CT molecular complexity index is 453. The summed E-state index contributed by atoms with van der Waals surface area (Å²) in [6.07, 6.45) is 1.05. The van der Waals surface area contributed by atoms with Gasteiger partial charge in [-0.2, -0.15) is 0 Å². The van der Waals surface area contributed by atoms with Gasteiger partial charge in [-0.15, -0.1) is 0 Å². The lowest BCUT2D eigenvalue weighted by Gasteiger charge is -2.08. The molecule has 5 nitrogen and oxygen atoms in total. The predicted molar refractivity (Wildman–Crippen MR) is 55.9 cm³/mol. The minimum atomic E-state index is -3.34. The first kappa shape index (κ1) is 10.5. The Labute approximate surface area is 82.5 Å². The van der Waals surface area contributed by atoms with Crippen LogP contribution in [0, 0.1) is 5.41 Å². The Balaban J connectivity index is 3.15. The summed E-state index contributed by atoms with van der Waals surface area (Å²) >= 11 is 0. The van der Waals surface area contributed by atoms with Crippen molar-refractivity contribution in [2.45, 2.75) is 0 Å². The number of para-hydroxylation sites is 1. The van der Waals surface area contributed by atoms with Gasteiger partial charge >= 0.3 is 0 Å². The lowest BCUT2D eigenvalue weighted by Crippen LogP contribution is -2.17. The van der Waals surface area contributed by atoms with E-state index >= 15 is 0 Å². The summed E-state index contributed by atoms with van der Waals surface area (Å²) in [6, 6.07) is 6.48. The lowest BCUT2D eigenvalue weighted by molar-refractivity contribution is 0.607. The Morgan fingerprint density at radius 1 is 1.43 bits per heavy atom. The molecule has 0 bridgehead atoms. The van der Waals surface area contributed by atoms with E-state index in [0.717, 1.165) is 6.26 Å². The topological polar surface area (TPSA) is 96.0 Å².